The first kappa shape index (κ1) is 36.1. The summed E-state index contributed by atoms with van der Waals surface area (Å²) in [6, 6.07) is 41.4. The van der Waals surface area contributed by atoms with Gasteiger partial charge in [0.15, 0.2) is 0 Å². The normalized spacial score (nSPS) is 10.7. The van der Waals surface area contributed by atoms with Crippen molar-refractivity contribution < 1.29 is 0 Å². The van der Waals surface area contributed by atoms with E-state index in [9.17, 15) is 0 Å². The number of hydrogen-bond acceptors (Lipinski definition) is 2. The van der Waals surface area contributed by atoms with Crippen LogP contribution in [-0.2, 0) is 5.41 Å². The van der Waals surface area contributed by atoms with Crippen LogP contribution in [0.25, 0.3) is 11.1 Å². The van der Waals surface area contributed by atoms with Gasteiger partial charge >= 0.3 is 0 Å². The maximum Gasteiger partial charge on any atom is 0.0604 e. The Morgan fingerprint density at radius 2 is 0.674 bits per heavy atom. The molecule has 1 aliphatic carbocycles. The van der Waals surface area contributed by atoms with Gasteiger partial charge in [0.25, 0.3) is 0 Å². The molecule has 0 unspecified atom stereocenters. The molecule has 0 bridgehead atoms. The summed E-state index contributed by atoms with van der Waals surface area (Å²) in [5.41, 5.74) is 5.86. The van der Waals surface area contributed by atoms with Crippen molar-refractivity contribution in [2.45, 2.75) is 19.3 Å². The fourth-order valence-corrected chi connectivity index (χ4v) is 4.18. The molecule has 43 heavy (non-hydrogen) atoms. The summed E-state index contributed by atoms with van der Waals surface area (Å²) in [6.45, 7) is 7.12. The number of rotatable bonds is 4. The Hall–Kier alpha value is -4.96. The van der Waals surface area contributed by atoms with Gasteiger partial charge in [0.2, 0.25) is 0 Å². The first-order valence-corrected chi connectivity index (χ1v) is 14.1. The molecule has 4 aromatic rings. The maximum atomic E-state index is 5.00. The summed E-state index contributed by atoms with van der Waals surface area (Å²) in [7, 11) is 3.78. The zero-order valence-electron chi connectivity index (χ0n) is 26.1. The monoisotopic (exact) mass is 564 g/mol. The van der Waals surface area contributed by atoms with Gasteiger partial charge < -0.3 is 0 Å². The van der Waals surface area contributed by atoms with Gasteiger partial charge in [0, 0.05) is 5.41 Å². The predicted molar refractivity (Wildman–Crippen MR) is 187 cm³/mol. The molecule has 0 amide bonds. The highest BCUT2D eigenvalue weighted by atomic mass is 15.1. The summed E-state index contributed by atoms with van der Waals surface area (Å²) >= 11 is 0. The molecule has 0 spiro atoms. The molecule has 218 valence electrons. The van der Waals surface area contributed by atoms with Crippen molar-refractivity contribution in [2.24, 2.45) is 0 Å². The second-order valence-corrected chi connectivity index (χ2v) is 10.2. The van der Waals surface area contributed by atoms with Gasteiger partial charge in [-0.1, -0.05) is 159 Å². The minimum Gasteiger partial charge on any atom is -0.284 e. The van der Waals surface area contributed by atoms with Crippen molar-refractivity contribution in [1.29, 1.82) is 0 Å². The van der Waals surface area contributed by atoms with E-state index in [-0.39, 0.29) is 5.41 Å². The third-order valence-corrected chi connectivity index (χ3v) is 6.27. The summed E-state index contributed by atoms with van der Waals surface area (Å²) in [5, 5.41) is 0. The molecular formula is C41H44N2. The molecule has 0 radical (unpaired) electrons. The summed E-state index contributed by atoms with van der Waals surface area (Å²) in [5.74, 6) is 9.93. The van der Waals surface area contributed by atoms with Gasteiger partial charge in [-0.2, -0.15) is 0 Å². The van der Waals surface area contributed by atoms with Crippen LogP contribution in [0.4, 0.5) is 0 Å². The molecule has 0 fully saturated rings. The van der Waals surface area contributed by atoms with Gasteiger partial charge in [0.05, 0.1) is 26.2 Å². The molecule has 0 heterocycles. The summed E-state index contributed by atoms with van der Waals surface area (Å²) in [6.07, 6.45) is 20.0. The number of benzene rings is 4. The number of terminal acetylenes is 4. The molecule has 5 rings (SSSR count). The second-order valence-electron chi connectivity index (χ2n) is 10.2. The Morgan fingerprint density at radius 1 is 0.442 bits per heavy atom. The van der Waals surface area contributed by atoms with Crippen molar-refractivity contribution in [3.63, 3.8) is 0 Å². The maximum absolute atomic E-state index is 5.00. The van der Waals surface area contributed by atoms with Crippen molar-refractivity contribution in [3.05, 3.63) is 132 Å². The van der Waals surface area contributed by atoms with E-state index in [1.165, 1.54) is 22.3 Å². The first-order chi connectivity index (χ1) is 20.8. The average molecular weight is 565 g/mol. The van der Waals surface area contributed by atoms with Crippen LogP contribution in [0.3, 0.4) is 0 Å². The highest BCUT2D eigenvalue weighted by molar-refractivity contribution is 5.80. The number of nitrogens with zero attached hydrogens (tertiary/aromatic N) is 2. The van der Waals surface area contributed by atoms with E-state index in [2.05, 4.69) is 86.1 Å². The van der Waals surface area contributed by atoms with Gasteiger partial charge in [-0.05, 0) is 36.3 Å². The topological polar surface area (TPSA) is 6.48 Å². The zero-order chi connectivity index (χ0) is 31.8. The van der Waals surface area contributed by atoms with Crippen LogP contribution >= 0.6 is 0 Å². The predicted octanol–water partition coefficient (Wildman–Crippen LogP) is 7.74. The highest BCUT2D eigenvalue weighted by Gasteiger charge is 2.34. The Bertz CT molecular complexity index is 1260. The minimum atomic E-state index is 0.160. The van der Waals surface area contributed by atoms with Crippen molar-refractivity contribution in [2.75, 3.05) is 40.3 Å². The van der Waals surface area contributed by atoms with Crippen LogP contribution in [0.5, 0.6) is 0 Å². The molecular weight excluding hydrogens is 520 g/mol. The SMILES string of the molecule is C#CCN(C)CC#C.C#CCN(C)CC#C.CC1(C)c2ccccc2-c2ccccc21.c1ccccc1.c1ccccc1. The largest absolute Gasteiger partial charge is 0.284 e. The Kier molecular flexibility index (Phi) is 18.2. The van der Waals surface area contributed by atoms with Crippen LogP contribution in [0.2, 0.25) is 0 Å². The Labute approximate surface area is 261 Å². The smallest absolute Gasteiger partial charge is 0.0604 e. The Morgan fingerprint density at radius 3 is 0.907 bits per heavy atom. The van der Waals surface area contributed by atoms with Gasteiger partial charge in [-0.25, -0.2) is 0 Å². The van der Waals surface area contributed by atoms with E-state index in [0.717, 1.165) is 0 Å². The van der Waals surface area contributed by atoms with E-state index >= 15 is 0 Å². The van der Waals surface area contributed by atoms with Crippen LogP contribution in [0.1, 0.15) is 25.0 Å². The van der Waals surface area contributed by atoms with E-state index in [1.54, 1.807) is 0 Å². The third kappa shape index (κ3) is 14.0. The van der Waals surface area contributed by atoms with E-state index in [4.69, 9.17) is 25.7 Å². The highest BCUT2D eigenvalue weighted by Crippen LogP contribution is 2.47. The van der Waals surface area contributed by atoms with Gasteiger partial charge in [0.1, 0.15) is 0 Å². The zero-order valence-corrected chi connectivity index (χ0v) is 26.1. The quantitative estimate of drug-likeness (QED) is 0.234. The average Bonchev–Trinajstić information content (AvgIpc) is 3.27. The lowest BCUT2D eigenvalue weighted by molar-refractivity contribution is 0.426. The first-order valence-electron chi connectivity index (χ1n) is 14.1. The van der Waals surface area contributed by atoms with Crippen LogP contribution in [0.15, 0.2) is 121 Å². The molecule has 2 heteroatoms. The standard InChI is InChI=1S/C15H14.2C7H9N.2C6H6/c1-15(2)13-9-5-3-7-11(13)12-8-4-6-10-14(12)15;2*1-4-6-8(3)7-5-2;2*1-2-4-6-5-3-1/h3-10H,1-2H3;2*1-2H,6-7H2,3H3;2*1-6H. The summed E-state index contributed by atoms with van der Waals surface area (Å²) in [4.78, 5) is 3.78. The van der Waals surface area contributed by atoms with E-state index < -0.39 is 0 Å². The molecule has 0 atom stereocenters. The fourth-order valence-electron chi connectivity index (χ4n) is 4.18. The van der Waals surface area contributed by atoms with Crippen molar-refractivity contribution in [1.82, 2.24) is 9.80 Å². The van der Waals surface area contributed by atoms with Crippen molar-refractivity contribution >= 4 is 0 Å². The lowest BCUT2D eigenvalue weighted by Crippen LogP contribution is -2.18. The van der Waals surface area contributed by atoms with Crippen LogP contribution < -0.4 is 0 Å². The molecule has 4 aromatic carbocycles. The molecule has 0 aromatic heterocycles. The molecule has 2 nitrogen and oxygen atoms in total. The second kappa shape index (κ2) is 21.7. The lowest BCUT2D eigenvalue weighted by Gasteiger charge is -2.20. The molecule has 0 saturated heterocycles. The molecule has 0 aliphatic heterocycles. The summed E-state index contributed by atoms with van der Waals surface area (Å²) < 4.78 is 0. The fraction of sp³-hybridized carbons (Fsp3) is 0.220. The molecule has 0 N–H and O–H groups in total. The van der Waals surface area contributed by atoms with E-state index in [1.807, 2.05) is 96.7 Å². The molecule has 1 aliphatic rings. The minimum absolute atomic E-state index is 0.160. The van der Waals surface area contributed by atoms with Crippen LogP contribution in [-0.4, -0.2) is 50.1 Å². The van der Waals surface area contributed by atoms with Crippen molar-refractivity contribution in [3.8, 4) is 60.5 Å². The van der Waals surface area contributed by atoms with Gasteiger partial charge in [-0.15, -0.1) is 25.7 Å². The number of fused-ring (bicyclic) bond motifs is 3. The van der Waals surface area contributed by atoms with Gasteiger partial charge in [-0.3, -0.25) is 9.80 Å². The van der Waals surface area contributed by atoms with E-state index in [0.29, 0.717) is 26.2 Å². The van der Waals surface area contributed by atoms with Crippen LogP contribution in [0, 0.1) is 49.4 Å². The lowest BCUT2D eigenvalue weighted by atomic mass is 9.82. The number of hydrogen-bond donors (Lipinski definition) is 0. The third-order valence-electron chi connectivity index (χ3n) is 6.27. The molecule has 0 saturated carbocycles. The Balaban J connectivity index is 0.000000286.